The van der Waals surface area contributed by atoms with Gasteiger partial charge in [-0.15, -0.1) is 0 Å². The minimum Gasteiger partial charge on any atom is -0.303 e. The van der Waals surface area contributed by atoms with Crippen LogP contribution in [-0.4, -0.2) is 4.98 Å². The third kappa shape index (κ3) is 2.59. The molecule has 3 rings (SSSR count). The Morgan fingerprint density at radius 1 is 1.30 bits per heavy atom. The molecule has 0 spiro atoms. The molecule has 3 heteroatoms. The third-order valence-electron chi connectivity index (χ3n) is 4.10. The van der Waals surface area contributed by atoms with E-state index in [2.05, 4.69) is 17.2 Å². The van der Waals surface area contributed by atoms with E-state index in [1.54, 1.807) is 12.1 Å². The Balaban J connectivity index is 1.81. The highest BCUT2D eigenvalue weighted by molar-refractivity contribution is 5.35. The van der Waals surface area contributed by atoms with Gasteiger partial charge in [0.15, 0.2) is 0 Å². The molecule has 1 heterocycles. The standard InChI is InChI=1S/C17H19FN2/c1-2-16(13-7-9-19-10-8-13)20-17-6-4-12-3-5-14(18)11-15(12)17/h3,5,7-11,16-17,20H,2,4,6H2,1H3/t16-,17-/m0/s1. The molecule has 20 heavy (non-hydrogen) atoms. The number of aromatic nitrogens is 1. The van der Waals surface area contributed by atoms with Crippen LogP contribution in [0.3, 0.4) is 0 Å². The molecular weight excluding hydrogens is 251 g/mol. The number of hydrogen-bond donors (Lipinski definition) is 1. The van der Waals surface area contributed by atoms with E-state index in [9.17, 15) is 4.39 Å². The lowest BCUT2D eigenvalue weighted by atomic mass is 10.0. The second-order valence-electron chi connectivity index (χ2n) is 5.34. The van der Waals surface area contributed by atoms with Crippen LogP contribution in [0.25, 0.3) is 0 Å². The Kier molecular flexibility index (Phi) is 3.79. The van der Waals surface area contributed by atoms with Gasteiger partial charge >= 0.3 is 0 Å². The van der Waals surface area contributed by atoms with E-state index in [4.69, 9.17) is 0 Å². The van der Waals surface area contributed by atoms with Gasteiger partial charge in [-0.05, 0) is 60.2 Å². The van der Waals surface area contributed by atoms with Crippen LogP contribution in [0.15, 0.2) is 42.7 Å². The first kappa shape index (κ1) is 13.3. The number of halogens is 1. The normalized spacial score (nSPS) is 18.8. The van der Waals surface area contributed by atoms with Gasteiger partial charge in [-0.2, -0.15) is 0 Å². The van der Waals surface area contributed by atoms with Crippen LogP contribution < -0.4 is 5.32 Å². The number of nitrogens with one attached hydrogen (secondary N) is 1. The monoisotopic (exact) mass is 270 g/mol. The molecule has 2 atom stereocenters. The van der Waals surface area contributed by atoms with Crippen molar-refractivity contribution in [2.45, 2.75) is 38.3 Å². The molecule has 0 bridgehead atoms. The van der Waals surface area contributed by atoms with Crippen molar-refractivity contribution in [2.75, 3.05) is 0 Å². The summed E-state index contributed by atoms with van der Waals surface area (Å²) in [7, 11) is 0. The van der Waals surface area contributed by atoms with Crippen LogP contribution in [0.5, 0.6) is 0 Å². The maximum absolute atomic E-state index is 13.4. The minimum atomic E-state index is -0.144. The number of hydrogen-bond acceptors (Lipinski definition) is 2. The van der Waals surface area contributed by atoms with Crippen LogP contribution in [-0.2, 0) is 6.42 Å². The molecule has 1 aromatic carbocycles. The molecule has 0 unspecified atom stereocenters. The molecule has 2 aromatic rings. The molecule has 0 radical (unpaired) electrons. The smallest absolute Gasteiger partial charge is 0.123 e. The first-order valence-electron chi connectivity index (χ1n) is 7.22. The number of rotatable bonds is 4. The molecule has 1 aromatic heterocycles. The summed E-state index contributed by atoms with van der Waals surface area (Å²) in [6.07, 6.45) is 6.72. The molecule has 0 amide bonds. The van der Waals surface area contributed by atoms with Crippen LogP contribution in [0.1, 0.15) is 48.5 Å². The molecule has 0 saturated carbocycles. The average molecular weight is 270 g/mol. The first-order valence-corrected chi connectivity index (χ1v) is 7.22. The van der Waals surface area contributed by atoms with Crippen molar-refractivity contribution in [1.82, 2.24) is 10.3 Å². The highest BCUT2D eigenvalue weighted by Gasteiger charge is 2.25. The fourth-order valence-corrected chi connectivity index (χ4v) is 3.03. The molecule has 1 N–H and O–H groups in total. The lowest BCUT2D eigenvalue weighted by Gasteiger charge is -2.23. The number of fused-ring (bicyclic) bond motifs is 1. The summed E-state index contributed by atoms with van der Waals surface area (Å²) in [6, 6.07) is 9.78. The second-order valence-corrected chi connectivity index (χ2v) is 5.34. The zero-order valence-electron chi connectivity index (χ0n) is 11.6. The predicted octanol–water partition coefficient (Wildman–Crippen LogP) is 3.95. The fraction of sp³-hybridized carbons (Fsp3) is 0.353. The van der Waals surface area contributed by atoms with Gasteiger partial charge in [-0.3, -0.25) is 4.98 Å². The zero-order chi connectivity index (χ0) is 13.9. The summed E-state index contributed by atoms with van der Waals surface area (Å²) in [4.78, 5) is 4.06. The van der Waals surface area contributed by atoms with Crippen molar-refractivity contribution >= 4 is 0 Å². The molecule has 2 nitrogen and oxygen atoms in total. The lowest BCUT2D eigenvalue weighted by molar-refractivity contribution is 0.432. The average Bonchev–Trinajstić information content (AvgIpc) is 2.88. The Bertz CT molecular complexity index is 583. The maximum Gasteiger partial charge on any atom is 0.123 e. The van der Waals surface area contributed by atoms with E-state index < -0.39 is 0 Å². The highest BCUT2D eigenvalue weighted by Crippen LogP contribution is 2.34. The molecule has 0 saturated heterocycles. The number of pyridine rings is 1. The zero-order valence-corrected chi connectivity index (χ0v) is 11.6. The quantitative estimate of drug-likeness (QED) is 0.910. The van der Waals surface area contributed by atoms with Gasteiger partial charge in [0, 0.05) is 24.5 Å². The highest BCUT2D eigenvalue weighted by atomic mass is 19.1. The van der Waals surface area contributed by atoms with Gasteiger partial charge in [-0.1, -0.05) is 13.0 Å². The Morgan fingerprint density at radius 3 is 2.85 bits per heavy atom. The Morgan fingerprint density at radius 2 is 2.10 bits per heavy atom. The van der Waals surface area contributed by atoms with Crippen molar-refractivity contribution < 1.29 is 4.39 Å². The molecule has 1 aliphatic rings. The second kappa shape index (κ2) is 5.71. The summed E-state index contributed by atoms with van der Waals surface area (Å²) >= 11 is 0. The summed E-state index contributed by atoms with van der Waals surface area (Å²) < 4.78 is 13.4. The molecule has 1 aliphatic carbocycles. The largest absolute Gasteiger partial charge is 0.303 e. The summed E-state index contributed by atoms with van der Waals surface area (Å²) in [6.45, 7) is 2.17. The Hall–Kier alpha value is -1.74. The SMILES string of the molecule is CC[C@H](N[C@H]1CCc2ccc(F)cc21)c1ccncc1. The molecular formula is C17H19FN2. The van der Waals surface area contributed by atoms with Gasteiger partial charge in [0.2, 0.25) is 0 Å². The number of aryl methyl sites for hydroxylation is 1. The number of nitrogens with zero attached hydrogens (tertiary/aromatic N) is 1. The van der Waals surface area contributed by atoms with E-state index in [0.29, 0.717) is 0 Å². The van der Waals surface area contributed by atoms with Crippen molar-refractivity contribution in [1.29, 1.82) is 0 Å². The summed E-state index contributed by atoms with van der Waals surface area (Å²) in [5, 5.41) is 3.67. The minimum absolute atomic E-state index is 0.144. The van der Waals surface area contributed by atoms with Crippen molar-refractivity contribution in [3.63, 3.8) is 0 Å². The van der Waals surface area contributed by atoms with E-state index >= 15 is 0 Å². The van der Waals surface area contributed by atoms with Crippen molar-refractivity contribution in [2.24, 2.45) is 0 Å². The molecule has 104 valence electrons. The first-order chi connectivity index (χ1) is 9.78. The fourth-order valence-electron chi connectivity index (χ4n) is 3.03. The predicted molar refractivity (Wildman–Crippen MR) is 77.9 cm³/mol. The summed E-state index contributed by atoms with van der Waals surface area (Å²) in [5.74, 6) is -0.144. The maximum atomic E-state index is 13.4. The van der Waals surface area contributed by atoms with Crippen LogP contribution in [0, 0.1) is 5.82 Å². The third-order valence-corrected chi connectivity index (χ3v) is 4.10. The van der Waals surface area contributed by atoms with Gasteiger partial charge in [0.25, 0.3) is 0 Å². The van der Waals surface area contributed by atoms with Gasteiger partial charge in [-0.25, -0.2) is 4.39 Å². The molecule has 0 aliphatic heterocycles. The van der Waals surface area contributed by atoms with Crippen molar-refractivity contribution in [3.8, 4) is 0 Å². The lowest BCUT2D eigenvalue weighted by Crippen LogP contribution is -2.24. The summed E-state index contributed by atoms with van der Waals surface area (Å²) in [5.41, 5.74) is 3.64. The van der Waals surface area contributed by atoms with Crippen LogP contribution in [0.2, 0.25) is 0 Å². The topological polar surface area (TPSA) is 24.9 Å². The van der Waals surface area contributed by atoms with E-state index in [1.807, 2.05) is 30.6 Å². The number of benzene rings is 1. The Labute approximate surface area is 119 Å². The molecule has 0 fully saturated rings. The van der Waals surface area contributed by atoms with Crippen LogP contribution >= 0.6 is 0 Å². The van der Waals surface area contributed by atoms with Gasteiger partial charge in [0.1, 0.15) is 5.82 Å². The van der Waals surface area contributed by atoms with E-state index in [-0.39, 0.29) is 17.9 Å². The van der Waals surface area contributed by atoms with Crippen molar-refractivity contribution in [3.05, 3.63) is 65.2 Å². The van der Waals surface area contributed by atoms with Gasteiger partial charge < -0.3 is 5.32 Å². The van der Waals surface area contributed by atoms with E-state index in [1.165, 1.54) is 11.1 Å². The van der Waals surface area contributed by atoms with E-state index in [0.717, 1.165) is 24.8 Å². The van der Waals surface area contributed by atoms with Crippen LogP contribution in [0.4, 0.5) is 4.39 Å². The van der Waals surface area contributed by atoms with Gasteiger partial charge in [0.05, 0.1) is 0 Å².